The fourth-order valence-corrected chi connectivity index (χ4v) is 4.60. The van der Waals surface area contributed by atoms with Gasteiger partial charge in [-0.2, -0.15) is 5.26 Å². The van der Waals surface area contributed by atoms with E-state index in [1.165, 1.54) is 16.2 Å². The van der Waals surface area contributed by atoms with Gasteiger partial charge in [0.1, 0.15) is 11.1 Å². The van der Waals surface area contributed by atoms with E-state index < -0.39 is 0 Å². The number of anilines is 1. The molecule has 2 rings (SSSR count). The molecular weight excluding hydrogens is 360 g/mol. The highest BCUT2D eigenvalue weighted by Gasteiger charge is 2.24. The van der Waals surface area contributed by atoms with E-state index in [0.29, 0.717) is 23.0 Å². The summed E-state index contributed by atoms with van der Waals surface area (Å²) in [6.45, 7) is 8.76. The van der Waals surface area contributed by atoms with Crippen molar-refractivity contribution < 1.29 is 9.59 Å². The molecule has 0 aromatic carbocycles. The molecular formula is C20H30N4O2S. The Morgan fingerprint density at radius 3 is 2.67 bits per heavy atom. The number of nitriles is 1. The van der Waals surface area contributed by atoms with Crippen LogP contribution in [0.3, 0.4) is 0 Å². The van der Waals surface area contributed by atoms with E-state index >= 15 is 0 Å². The maximum absolute atomic E-state index is 12.3. The predicted molar refractivity (Wildman–Crippen MR) is 109 cm³/mol. The van der Waals surface area contributed by atoms with Crippen molar-refractivity contribution in [3.63, 3.8) is 0 Å². The molecule has 0 fully saturated rings. The lowest BCUT2D eigenvalue weighted by atomic mass is 9.89. The van der Waals surface area contributed by atoms with Gasteiger partial charge >= 0.3 is 0 Å². The fraction of sp³-hybridized carbons (Fsp3) is 0.650. The first-order valence-corrected chi connectivity index (χ1v) is 10.2. The van der Waals surface area contributed by atoms with Crippen molar-refractivity contribution in [2.24, 2.45) is 5.92 Å². The van der Waals surface area contributed by atoms with Gasteiger partial charge in [0, 0.05) is 23.4 Å². The van der Waals surface area contributed by atoms with Crippen LogP contribution < -0.4 is 10.6 Å². The second-order valence-electron chi connectivity index (χ2n) is 8.50. The first-order chi connectivity index (χ1) is 12.6. The molecule has 0 spiro atoms. The summed E-state index contributed by atoms with van der Waals surface area (Å²) < 4.78 is 0. The molecule has 0 saturated carbocycles. The topological polar surface area (TPSA) is 85.2 Å². The Kier molecular flexibility index (Phi) is 7.01. The van der Waals surface area contributed by atoms with E-state index in [2.05, 4.69) is 23.6 Å². The Morgan fingerprint density at radius 2 is 2.04 bits per heavy atom. The minimum absolute atomic E-state index is 0.0581. The Balaban J connectivity index is 1.88. The summed E-state index contributed by atoms with van der Waals surface area (Å²) >= 11 is 1.54. The lowest BCUT2D eigenvalue weighted by Crippen LogP contribution is -2.45. The molecule has 7 heteroatoms. The van der Waals surface area contributed by atoms with Gasteiger partial charge in [-0.05, 0) is 58.6 Å². The molecule has 1 aromatic rings. The second kappa shape index (κ2) is 8.85. The van der Waals surface area contributed by atoms with Gasteiger partial charge in [0.15, 0.2) is 0 Å². The third-order valence-electron chi connectivity index (χ3n) is 4.52. The van der Waals surface area contributed by atoms with Crippen LogP contribution in [-0.2, 0) is 22.4 Å². The Morgan fingerprint density at radius 1 is 1.33 bits per heavy atom. The molecule has 0 aliphatic heterocycles. The fourth-order valence-electron chi connectivity index (χ4n) is 3.22. The number of fused-ring (bicyclic) bond motifs is 1. The van der Waals surface area contributed by atoms with E-state index in [1.54, 1.807) is 0 Å². The van der Waals surface area contributed by atoms with Crippen LogP contribution in [0, 0.1) is 17.2 Å². The minimum atomic E-state index is -0.265. The van der Waals surface area contributed by atoms with Crippen molar-refractivity contribution in [3.05, 3.63) is 16.0 Å². The quantitative estimate of drug-likeness (QED) is 0.782. The molecule has 27 heavy (non-hydrogen) atoms. The Labute approximate surface area is 165 Å². The third kappa shape index (κ3) is 6.33. The molecule has 1 aliphatic rings. The second-order valence-corrected chi connectivity index (χ2v) is 9.61. The van der Waals surface area contributed by atoms with E-state index in [1.807, 2.05) is 32.7 Å². The number of carbonyl (C=O) groups is 2. The number of rotatable bonds is 6. The van der Waals surface area contributed by atoms with Gasteiger partial charge in [0.25, 0.3) is 0 Å². The van der Waals surface area contributed by atoms with Gasteiger partial charge in [0.05, 0.1) is 12.1 Å². The number of likely N-dealkylation sites (N-methyl/N-ethyl adjacent to an activating group) is 1. The SMILES string of the molecule is CC1CCc2c(sc(NC(=O)CCN(C)CC(=O)NC(C)(C)C)c2C#N)C1. The zero-order valence-electron chi connectivity index (χ0n) is 16.9. The predicted octanol–water partition coefficient (Wildman–Crippen LogP) is 2.92. The number of hydrogen-bond acceptors (Lipinski definition) is 5. The number of amides is 2. The van der Waals surface area contributed by atoms with Crippen molar-refractivity contribution in [3.8, 4) is 6.07 Å². The molecule has 148 valence electrons. The van der Waals surface area contributed by atoms with Crippen molar-refractivity contribution in [1.82, 2.24) is 10.2 Å². The summed E-state index contributed by atoms with van der Waals surface area (Å²) in [5.74, 6) is 0.442. The summed E-state index contributed by atoms with van der Waals surface area (Å²) in [4.78, 5) is 27.3. The standard InChI is InChI=1S/C20H30N4O2S/c1-13-6-7-14-15(11-21)19(27-16(14)10-13)22-17(25)8-9-24(5)12-18(26)23-20(2,3)4/h13H,6-10,12H2,1-5H3,(H,22,25)(H,23,26). The van der Waals surface area contributed by atoms with E-state index in [0.717, 1.165) is 24.8 Å². The first kappa shape index (κ1) is 21.4. The van der Waals surface area contributed by atoms with Crippen LogP contribution in [0.1, 0.15) is 56.5 Å². The van der Waals surface area contributed by atoms with E-state index in [-0.39, 0.29) is 30.3 Å². The van der Waals surface area contributed by atoms with Gasteiger partial charge in [-0.3, -0.25) is 14.5 Å². The van der Waals surface area contributed by atoms with Crippen LogP contribution in [0.15, 0.2) is 0 Å². The Bertz CT molecular complexity index is 742. The molecule has 1 aliphatic carbocycles. The van der Waals surface area contributed by atoms with Gasteiger partial charge in [-0.25, -0.2) is 0 Å². The Hall–Kier alpha value is -1.91. The van der Waals surface area contributed by atoms with Crippen molar-refractivity contribution >= 4 is 28.2 Å². The molecule has 1 atom stereocenters. The van der Waals surface area contributed by atoms with Crippen LogP contribution >= 0.6 is 11.3 Å². The monoisotopic (exact) mass is 390 g/mol. The lowest BCUT2D eigenvalue weighted by Gasteiger charge is -2.23. The summed E-state index contributed by atoms with van der Waals surface area (Å²) in [6.07, 6.45) is 3.27. The lowest BCUT2D eigenvalue weighted by molar-refractivity contribution is -0.124. The maximum Gasteiger partial charge on any atom is 0.234 e. The smallest absolute Gasteiger partial charge is 0.234 e. The van der Waals surface area contributed by atoms with Gasteiger partial charge in [-0.1, -0.05) is 6.92 Å². The highest BCUT2D eigenvalue weighted by molar-refractivity contribution is 7.16. The molecule has 2 amide bonds. The van der Waals surface area contributed by atoms with E-state index in [4.69, 9.17) is 0 Å². The average molecular weight is 391 g/mol. The van der Waals surface area contributed by atoms with Gasteiger partial charge in [0.2, 0.25) is 11.8 Å². The van der Waals surface area contributed by atoms with Crippen LogP contribution in [0.4, 0.5) is 5.00 Å². The summed E-state index contributed by atoms with van der Waals surface area (Å²) in [6, 6.07) is 2.27. The maximum atomic E-state index is 12.3. The molecule has 0 saturated heterocycles. The summed E-state index contributed by atoms with van der Waals surface area (Å²) in [5.41, 5.74) is 1.48. The van der Waals surface area contributed by atoms with Crippen LogP contribution in [-0.4, -0.2) is 42.4 Å². The molecule has 6 nitrogen and oxygen atoms in total. The molecule has 2 N–H and O–H groups in total. The van der Waals surface area contributed by atoms with Crippen molar-refractivity contribution in [2.75, 3.05) is 25.5 Å². The van der Waals surface area contributed by atoms with Crippen LogP contribution in [0.5, 0.6) is 0 Å². The van der Waals surface area contributed by atoms with Gasteiger partial charge < -0.3 is 10.6 Å². The summed E-state index contributed by atoms with van der Waals surface area (Å²) in [5, 5.41) is 16.0. The van der Waals surface area contributed by atoms with Crippen molar-refractivity contribution in [2.45, 2.75) is 58.9 Å². The number of thiophene rings is 1. The third-order valence-corrected chi connectivity index (χ3v) is 5.69. The normalized spacial score (nSPS) is 16.6. The van der Waals surface area contributed by atoms with Crippen molar-refractivity contribution in [1.29, 1.82) is 5.26 Å². The largest absolute Gasteiger partial charge is 0.350 e. The minimum Gasteiger partial charge on any atom is -0.350 e. The zero-order valence-corrected chi connectivity index (χ0v) is 17.8. The average Bonchev–Trinajstić information content (AvgIpc) is 2.86. The van der Waals surface area contributed by atoms with Crippen LogP contribution in [0.2, 0.25) is 0 Å². The first-order valence-electron chi connectivity index (χ1n) is 9.43. The number of carbonyl (C=O) groups excluding carboxylic acids is 2. The highest BCUT2D eigenvalue weighted by Crippen LogP contribution is 2.39. The molecule has 1 aromatic heterocycles. The molecule has 1 unspecified atom stereocenters. The highest BCUT2D eigenvalue weighted by atomic mass is 32.1. The summed E-state index contributed by atoms with van der Waals surface area (Å²) in [7, 11) is 1.82. The number of nitrogens with zero attached hydrogens (tertiary/aromatic N) is 2. The van der Waals surface area contributed by atoms with E-state index in [9.17, 15) is 14.9 Å². The van der Waals surface area contributed by atoms with Crippen LogP contribution in [0.25, 0.3) is 0 Å². The molecule has 1 heterocycles. The molecule has 0 bridgehead atoms. The molecule has 0 radical (unpaired) electrons. The van der Waals surface area contributed by atoms with Gasteiger partial charge in [-0.15, -0.1) is 11.3 Å². The zero-order chi connectivity index (χ0) is 20.2. The number of nitrogens with one attached hydrogen (secondary N) is 2. The number of hydrogen-bond donors (Lipinski definition) is 2.